The molecule has 1 amide bonds. The fourth-order valence-electron chi connectivity index (χ4n) is 0.943. The molecule has 0 bridgehead atoms. The molecular weight excluding hydrogens is 200 g/mol. The van der Waals surface area contributed by atoms with E-state index in [9.17, 15) is 9.59 Å². The lowest BCUT2D eigenvalue weighted by Crippen LogP contribution is -2.57. The fraction of sp³-hybridized carbons (Fsp3) is 0.778. The van der Waals surface area contributed by atoms with Gasteiger partial charge in [-0.1, -0.05) is 13.3 Å². The molecule has 0 saturated carbocycles. The van der Waals surface area contributed by atoms with Gasteiger partial charge in [0.25, 0.3) is 0 Å². The van der Waals surface area contributed by atoms with Gasteiger partial charge in [0.15, 0.2) is 0 Å². The number of carbonyl (C=O) groups excluding carboxylic acids is 2. The molecule has 0 atom stereocenters. The smallest absolute Gasteiger partial charge is 0.311 e. The summed E-state index contributed by atoms with van der Waals surface area (Å²) in [6.45, 7) is 1.95. The minimum atomic E-state index is -2.46. The topological polar surface area (TPSA) is 98.7 Å². The van der Waals surface area contributed by atoms with Crippen LogP contribution in [-0.2, 0) is 9.59 Å². The molecule has 0 aromatic carbocycles. The summed E-state index contributed by atoms with van der Waals surface area (Å²) in [7, 11) is 1.26. The van der Waals surface area contributed by atoms with E-state index in [0.29, 0.717) is 6.42 Å². The molecule has 0 saturated heterocycles. The van der Waals surface area contributed by atoms with Gasteiger partial charge in [0.2, 0.25) is 5.91 Å². The van der Waals surface area contributed by atoms with Gasteiger partial charge < -0.3 is 10.2 Å². The van der Waals surface area contributed by atoms with E-state index < -0.39 is 11.9 Å². The molecule has 6 heteroatoms. The highest BCUT2D eigenvalue weighted by atomic mass is 16.5. The lowest BCUT2D eigenvalue weighted by molar-refractivity contribution is -0.206. The minimum absolute atomic E-state index is 0.207. The van der Waals surface area contributed by atoms with Crippen LogP contribution >= 0.6 is 0 Å². The van der Waals surface area contributed by atoms with Crippen molar-refractivity contribution >= 4 is 11.7 Å². The number of carbonyl (C=O) groups is 2. The summed E-state index contributed by atoms with van der Waals surface area (Å²) in [5.41, 5.74) is 0. The van der Waals surface area contributed by atoms with E-state index in [1.165, 1.54) is 7.05 Å². The van der Waals surface area contributed by atoms with Crippen LogP contribution in [0.25, 0.3) is 0 Å². The Labute approximate surface area is 88.7 Å². The van der Waals surface area contributed by atoms with E-state index in [1.54, 1.807) is 0 Å². The molecule has 88 valence electrons. The Bertz CT molecular complexity index is 228. The van der Waals surface area contributed by atoms with Crippen LogP contribution in [0.5, 0.6) is 0 Å². The van der Waals surface area contributed by atoms with Crippen LogP contribution in [0.15, 0.2) is 0 Å². The molecule has 0 heterocycles. The number of aliphatic hydroxyl groups is 2. The number of unbranched alkanes of at least 4 members (excludes halogenated alkanes) is 1. The minimum Gasteiger partial charge on any atom is -0.336 e. The van der Waals surface area contributed by atoms with Crippen molar-refractivity contribution in [3.63, 3.8) is 0 Å². The largest absolute Gasteiger partial charge is 0.336 e. The number of hydrogen-bond acceptors (Lipinski definition) is 5. The Kier molecular flexibility index (Phi) is 6.07. The zero-order valence-corrected chi connectivity index (χ0v) is 9.04. The Morgan fingerprint density at radius 2 is 1.93 bits per heavy atom. The second kappa shape index (κ2) is 6.49. The Morgan fingerprint density at radius 1 is 1.33 bits per heavy atom. The Balaban J connectivity index is 3.88. The van der Waals surface area contributed by atoms with E-state index in [1.807, 2.05) is 12.2 Å². The Hall–Kier alpha value is -0.980. The highest BCUT2D eigenvalue weighted by molar-refractivity contribution is 5.98. The summed E-state index contributed by atoms with van der Waals surface area (Å²) in [6.07, 6.45) is 1.63. The monoisotopic (exact) mass is 218 g/mol. The van der Waals surface area contributed by atoms with Crippen LogP contribution < -0.4 is 10.6 Å². The number of hydrogen-bond donors (Lipinski definition) is 4. The molecule has 15 heavy (non-hydrogen) atoms. The zero-order chi connectivity index (χ0) is 11.9. The van der Waals surface area contributed by atoms with Gasteiger partial charge in [0.05, 0.1) is 6.42 Å². The highest BCUT2D eigenvalue weighted by Crippen LogP contribution is 1.99. The van der Waals surface area contributed by atoms with Crippen molar-refractivity contribution in [3.8, 4) is 0 Å². The maximum atomic E-state index is 11.1. The second-order valence-electron chi connectivity index (χ2n) is 3.29. The molecule has 0 aliphatic heterocycles. The van der Waals surface area contributed by atoms with Gasteiger partial charge in [0.1, 0.15) is 5.78 Å². The van der Waals surface area contributed by atoms with Gasteiger partial charge in [-0.3, -0.25) is 20.2 Å². The predicted molar refractivity (Wildman–Crippen MR) is 53.5 cm³/mol. The normalized spacial score (nSPS) is 11.2. The van der Waals surface area contributed by atoms with Crippen molar-refractivity contribution in [3.05, 3.63) is 0 Å². The first kappa shape index (κ1) is 14.0. The third-order valence-corrected chi connectivity index (χ3v) is 1.83. The molecule has 0 spiro atoms. The lowest BCUT2D eigenvalue weighted by atomic mass is 10.1. The van der Waals surface area contributed by atoms with Gasteiger partial charge in [-0.15, -0.1) is 0 Å². The molecule has 0 aliphatic rings. The van der Waals surface area contributed by atoms with E-state index in [-0.39, 0.29) is 12.2 Å². The summed E-state index contributed by atoms with van der Waals surface area (Å²) in [4.78, 5) is 22.2. The predicted octanol–water partition coefficient (Wildman–Crippen LogP) is -0.933. The molecule has 0 unspecified atom stereocenters. The van der Waals surface area contributed by atoms with Crippen LogP contribution in [-0.4, -0.2) is 35.0 Å². The van der Waals surface area contributed by atoms with Crippen LogP contribution in [0.3, 0.4) is 0 Å². The third kappa shape index (κ3) is 7.01. The molecule has 0 aromatic rings. The first-order chi connectivity index (χ1) is 6.91. The number of Topliss-reactive ketones (excluding diaryl/α,β-unsaturated/α-hetero) is 1. The molecule has 0 aliphatic carbocycles. The van der Waals surface area contributed by atoms with Gasteiger partial charge in [-0.2, -0.15) is 0 Å². The molecular formula is C9H18N2O4. The average Bonchev–Trinajstić information content (AvgIpc) is 2.13. The summed E-state index contributed by atoms with van der Waals surface area (Å²) >= 11 is 0. The quantitative estimate of drug-likeness (QED) is 0.327. The summed E-state index contributed by atoms with van der Waals surface area (Å²) in [6, 6.07) is -2.46. The summed E-state index contributed by atoms with van der Waals surface area (Å²) in [5, 5.41) is 21.9. The molecule has 6 nitrogen and oxygen atoms in total. The van der Waals surface area contributed by atoms with Crippen LogP contribution in [0.4, 0.5) is 0 Å². The Morgan fingerprint density at radius 3 is 2.40 bits per heavy atom. The van der Waals surface area contributed by atoms with E-state index in [4.69, 9.17) is 10.2 Å². The van der Waals surface area contributed by atoms with E-state index in [2.05, 4.69) is 5.32 Å². The number of nitrogens with one attached hydrogen (secondary N) is 2. The summed E-state index contributed by atoms with van der Waals surface area (Å²) in [5.74, 6) is -0.920. The van der Waals surface area contributed by atoms with E-state index >= 15 is 0 Å². The molecule has 0 fully saturated rings. The average molecular weight is 218 g/mol. The fourth-order valence-corrected chi connectivity index (χ4v) is 0.943. The first-order valence-corrected chi connectivity index (χ1v) is 4.87. The standard InChI is InChI=1S/C9H18N2O4/c1-3-4-5-7(12)6-8(13)11-9(14,15)10-2/h10,14-15H,3-6H2,1-2H3,(H,11,13). The van der Waals surface area contributed by atoms with Crippen molar-refractivity contribution in [2.24, 2.45) is 0 Å². The maximum Gasteiger partial charge on any atom is 0.311 e. The van der Waals surface area contributed by atoms with Crippen LogP contribution in [0, 0.1) is 0 Å². The molecule has 0 rings (SSSR count). The zero-order valence-electron chi connectivity index (χ0n) is 9.04. The highest BCUT2D eigenvalue weighted by Gasteiger charge is 2.23. The summed E-state index contributed by atoms with van der Waals surface area (Å²) < 4.78 is 0. The van der Waals surface area contributed by atoms with Gasteiger partial charge in [0, 0.05) is 6.42 Å². The van der Waals surface area contributed by atoms with Crippen molar-refractivity contribution in [2.45, 2.75) is 38.6 Å². The number of rotatable bonds is 7. The second-order valence-corrected chi connectivity index (χ2v) is 3.29. The van der Waals surface area contributed by atoms with Crippen LogP contribution in [0.1, 0.15) is 32.6 Å². The SMILES string of the molecule is CCCCC(=O)CC(=O)NC(O)(O)NC. The molecule has 0 aromatic heterocycles. The van der Waals surface area contributed by atoms with Crippen molar-refractivity contribution in [1.82, 2.24) is 10.6 Å². The number of ketones is 1. The molecule has 4 N–H and O–H groups in total. The van der Waals surface area contributed by atoms with Crippen LogP contribution in [0.2, 0.25) is 0 Å². The van der Waals surface area contributed by atoms with Crippen molar-refractivity contribution in [2.75, 3.05) is 7.05 Å². The van der Waals surface area contributed by atoms with Gasteiger partial charge in [-0.05, 0) is 13.5 Å². The maximum absolute atomic E-state index is 11.1. The van der Waals surface area contributed by atoms with Gasteiger partial charge >= 0.3 is 6.03 Å². The van der Waals surface area contributed by atoms with Crippen molar-refractivity contribution < 1.29 is 19.8 Å². The van der Waals surface area contributed by atoms with E-state index in [0.717, 1.165) is 12.8 Å². The van der Waals surface area contributed by atoms with Gasteiger partial charge in [-0.25, -0.2) is 0 Å². The lowest BCUT2D eigenvalue weighted by Gasteiger charge is -2.21. The number of amides is 1. The first-order valence-electron chi connectivity index (χ1n) is 4.87. The molecule has 0 radical (unpaired) electrons. The van der Waals surface area contributed by atoms with Crippen molar-refractivity contribution in [1.29, 1.82) is 0 Å². The third-order valence-electron chi connectivity index (χ3n) is 1.83.